The summed E-state index contributed by atoms with van der Waals surface area (Å²) < 4.78 is 1.73. The molecule has 8 heteroatoms. The van der Waals surface area contributed by atoms with Crippen LogP contribution in [0.5, 0.6) is 0 Å². The van der Waals surface area contributed by atoms with Crippen molar-refractivity contribution in [1.82, 2.24) is 10.1 Å². The second kappa shape index (κ2) is 8.73. The molecule has 0 saturated carbocycles. The van der Waals surface area contributed by atoms with E-state index in [-0.39, 0.29) is 11.5 Å². The van der Waals surface area contributed by atoms with E-state index in [1.165, 1.54) is 0 Å². The predicted octanol–water partition coefficient (Wildman–Crippen LogP) is 4.29. The van der Waals surface area contributed by atoms with Crippen molar-refractivity contribution in [3.8, 4) is 11.3 Å². The highest BCUT2D eigenvalue weighted by atomic mass is 32.2. The number of benzene rings is 1. The van der Waals surface area contributed by atoms with Gasteiger partial charge in [-0.25, -0.2) is 4.90 Å². The highest BCUT2D eigenvalue weighted by Gasteiger charge is 2.45. The highest BCUT2D eigenvalue weighted by molar-refractivity contribution is 7.99. The van der Waals surface area contributed by atoms with Crippen molar-refractivity contribution in [1.29, 1.82) is 0 Å². The summed E-state index contributed by atoms with van der Waals surface area (Å²) in [5.41, 5.74) is 1.75. The zero-order valence-electron chi connectivity index (χ0n) is 17.3. The maximum Gasteiger partial charge on any atom is 0.325 e. The van der Waals surface area contributed by atoms with Crippen LogP contribution in [0.4, 0.5) is 5.69 Å². The number of aromatic nitrogens is 3. The summed E-state index contributed by atoms with van der Waals surface area (Å²) in [6.07, 6.45) is 2.89. The molecule has 4 rings (SSSR count). The van der Waals surface area contributed by atoms with Crippen molar-refractivity contribution in [2.75, 3.05) is 10.7 Å². The lowest BCUT2D eigenvalue weighted by Gasteiger charge is -2.30. The fourth-order valence-corrected chi connectivity index (χ4v) is 5.56. The molecular weight excluding hydrogens is 416 g/mol. The van der Waals surface area contributed by atoms with Gasteiger partial charge in [-0.05, 0) is 42.3 Å². The number of hydrogen-bond donors (Lipinski definition) is 1. The number of carbonyl (C=O) groups is 1. The third-order valence-electron chi connectivity index (χ3n) is 5.10. The Labute approximate surface area is 184 Å². The summed E-state index contributed by atoms with van der Waals surface area (Å²) >= 11 is 3.17. The molecule has 0 radical (unpaired) electrons. The lowest BCUT2D eigenvalue weighted by atomic mass is 10.0. The molecular formula is C22H25N4O2S2+. The van der Waals surface area contributed by atoms with Gasteiger partial charge in [0.15, 0.2) is 0 Å². The lowest BCUT2D eigenvalue weighted by molar-refractivity contribution is -0.762. The molecule has 0 unspecified atom stereocenters. The molecule has 1 amide bonds. The Kier molecular flexibility index (Phi) is 6.06. The van der Waals surface area contributed by atoms with Gasteiger partial charge in [-0.15, -0.1) is 11.3 Å². The van der Waals surface area contributed by atoms with Crippen molar-refractivity contribution in [3.63, 3.8) is 0 Å². The number of anilines is 1. The number of nitrogens with zero attached hydrogens (tertiary/aromatic N) is 3. The fourth-order valence-electron chi connectivity index (χ4n) is 3.75. The summed E-state index contributed by atoms with van der Waals surface area (Å²) in [6, 6.07) is 11.6. The first-order chi connectivity index (χ1) is 14.5. The van der Waals surface area contributed by atoms with E-state index < -0.39 is 6.17 Å². The third kappa shape index (κ3) is 3.81. The van der Waals surface area contributed by atoms with E-state index in [0.29, 0.717) is 16.4 Å². The van der Waals surface area contributed by atoms with E-state index in [0.717, 1.165) is 40.5 Å². The summed E-state index contributed by atoms with van der Waals surface area (Å²) in [6.45, 7) is 5.76. The number of carbonyl (C=O) groups excluding carboxylic acids is 1. The van der Waals surface area contributed by atoms with E-state index >= 15 is 0 Å². The van der Waals surface area contributed by atoms with Crippen LogP contribution >= 0.6 is 23.1 Å². The van der Waals surface area contributed by atoms with Crippen LogP contribution in [0.25, 0.3) is 11.3 Å². The summed E-state index contributed by atoms with van der Waals surface area (Å²) in [5, 5.41) is 5.39. The lowest BCUT2D eigenvalue weighted by Crippen LogP contribution is -2.60. The van der Waals surface area contributed by atoms with Crippen LogP contribution in [0.2, 0.25) is 0 Å². The van der Waals surface area contributed by atoms with Gasteiger partial charge in [0.05, 0.1) is 16.1 Å². The molecule has 0 fully saturated rings. The summed E-state index contributed by atoms with van der Waals surface area (Å²) in [7, 11) is 0. The van der Waals surface area contributed by atoms with E-state index in [4.69, 9.17) is 5.10 Å². The molecule has 1 aromatic carbocycles. The summed E-state index contributed by atoms with van der Waals surface area (Å²) in [4.78, 5) is 32.8. The van der Waals surface area contributed by atoms with Crippen molar-refractivity contribution < 1.29 is 9.48 Å². The number of unbranched alkanes of at least 4 members (excludes halogenated alkanes) is 2. The normalized spacial score (nSPS) is 15.0. The number of aromatic amines is 1. The number of para-hydroxylation sites is 1. The average Bonchev–Trinajstić information content (AvgIpc) is 3.15. The Balaban J connectivity index is 1.90. The van der Waals surface area contributed by atoms with Gasteiger partial charge >= 0.3 is 17.4 Å². The van der Waals surface area contributed by atoms with Crippen molar-refractivity contribution in [2.45, 2.75) is 51.4 Å². The average molecular weight is 442 g/mol. The molecule has 0 aliphatic carbocycles. The second-order valence-electron chi connectivity index (χ2n) is 7.34. The van der Waals surface area contributed by atoms with Crippen molar-refractivity contribution in [3.05, 3.63) is 56.5 Å². The highest BCUT2D eigenvalue weighted by Crippen LogP contribution is 2.38. The van der Waals surface area contributed by atoms with Crippen LogP contribution in [0, 0.1) is 6.92 Å². The van der Waals surface area contributed by atoms with Gasteiger partial charge in [0, 0.05) is 22.7 Å². The molecule has 0 spiro atoms. The molecule has 156 valence electrons. The van der Waals surface area contributed by atoms with Crippen molar-refractivity contribution >= 4 is 34.7 Å². The van der Waals surface area contributed by atoms with E-state index in [9.17, 15) is 9.59 Å². The van der Waals surface area contributed by atoms with Crippen LogP contribution in [-0.2, 0) is 4.79 Å². The Morgan fingerprint density at radius 3 is 2.77 bits per heavy atom. The molecule has 1 aliphatic heterocycles. The maximum absolute atomic E-state index is 13.2. The van der Waals surface area contributed by atoms with Crippen LogP contribution in [0.3, 0.4) is 0 Å². The minimum Gasteiger partial charge on any atom is -0.291 e. The fraction of sp³-hybridized carbons (Fsp3) is 0.364. The van der Waals surface area contributed by atoms with Crippen LogP contribution in [0.15, 0.2) is 46.3 Å². The number of thioether (sulfide) groups is 1. The van der Waals surface area contributed by atoms with Gasteiger partial charge in [0.2, 0.25) is 11.1 Å². The maximum atomic E-state index is 13.2. The zero-order chi connectivity index (χ0) is 21.3. The number of hydrogen-bond acceptors (Lipinski definition) is 5. The van der Waals surface area contributed by atoms with Gasteiger partial charge in [-0.1, -0.05) is 43.7 Å². The molecule has 1 N–H and O–H groups in total. The summed E-state index contributed by atoms with van der Waals surface area (Å²) in [5.74, 6) is 0.808. The van der Waals surface area contributed by atoms with Crippen LogP contribution < -0.4 is 15.1 Å². The first-order valence-corrected chi connectivity index (χ1v) is 12.0. The van der Waals surface area contributed by atoms with E-state index in [1.54, 1.807) is 39.6 Å². The first kappa shape index (κ1) is 20.8. The van der Waals surface area contributed by atoms with Gasteiger partial charge in [-0.2, -0.15) is 0 Å². The molecule has 30 heavy (non-hydrogen) atoms. The number of thiophene rings is 1. The second-order valence-corrected chi connectivity index (χ2v) is 9.74. The van der Waals surface area contributed by atoms with Gasteiger partial charge < -0.3 is 0 Å². The Hall–Kier alpha value is -2.45. The molecule has 1 aliphatic rings. The molecule has 0 saturated heterocycles. The van der Waals surface area contributed by atoms with Crippen LogP contribution in [0.1, 0.15) is 49.0 Å². The van der Waals surface area contributed by atoms with Crippen LogP contribution in [-0.4, -0.2) is 21.7 Å². The standard InChI is InChI=1S/C22H24N4O2S2/c1-4-5-8-13-29-22-23-20(28)19-16-9-6-7-10-17(16)25(15(3)27)21(26(19)24-22)18-12-11-14(2)30-18/h6-7,9-12,21H,4-5,8,13H2,1-3H3/p+1/t21-/m0/s1. The molecule has 3 aromatic rings. The molecule has 0 bridgehead atoms. The molecule has 2 aromatic heterocycles. The van der Waals surface area contributed by atoms with E-state index in [1.807, 2.05) is 43.3 Å². The van der Waals surface area contributed by atoms with Gasteiger partial charge in [-0.3, -0.25) is 14.6 Å². The molecule has 1 atom stereocenters. The number of aryl methyl sites for hydroxylation is 1. The monoisotopic (exact) mass is 441 g/mol. The predicted molar refractivity (Wildman–Crippen MR) is 121 cm³/mol. The number of amides is 1. The SMILES string of the molecule is CCCCCSc1n[n+]2c(c(=O)[nH]1)-c1ccccc1N(C(C)=O)[C@@H]2c1ccc(C)s1. The van der Waals surface area contributed by atoms with Gasteiger partial charge in [0.1, 0.15) is 0 Å². The smallest absolute Gasteiger partial charge is 0.291 e. The number of rotatable bonds is 6. The zero-order valence-corrected chi connectivity index (χ0v) is 19.0. The van der Waals surface area contributed by atoms with Gasteiger partial charge in [0.25, 0.3) is 0 Å². The number of nitrogens with one attached hydrogen (secondary N) is 1. The minimum atomic E-state index is -0.483. The largest absolute Gasteiger partial charge is 0.325 e. The van der Waals surface area contributed by atoms with E-state index in [2.05, 4.69) is 11.9 Å². The quantitative estimate of drug-likeness (QED) is 0.352. The molecule has 3 heterocycles. The Morgan fingerprint density at radius 1 is 1.27 bits per heavy atom. The first-order valence-electron chi connectivity index (χ1n) is 10.2. The number of H-pyrrole nitrogens is 1. The number of fused-ring (bicyclic) bond motifs is 3. The molecule has 6 nitrogen and oxygen atoms in total. The topological polar surface area (TPSA) is 69.9 Å². The third-order valence-corrected chi connectivity index (χ3v) is 7.09. The van der Waals surface area contributed by atoms with Crippen molar-refractivity contribution in [2.24, 2.45) is 0 Å². The Morgan fingerprint density at radius 2 is 2.07 bits per heavy atom. The minimum absolute atomic E-state index is 0.0871. The Bertz CT molecular complexity index is 1140.